The second kappa shape index (κ2) is 2.93. The normalized spacial score (nSPS) is 10.6. The first-order chi connectivity index (χ1) is 6.20. The number of aryl methyl sites for hydroxylation is 1. The zero-order valence-electron chi connectivity index (χ0n) is 6.48. The smallest absolute Gasteiger partial charge is 0.244 e. The molecule has 0 bridgehead atoms. The molecule has 8 heteroatoms. The summed E-state index contributed by atoms with van der Waals surface area (Å²) in [5.74, 6) is 0. The standard InChI is InChI=1S/C5H4ClN5OS/c1-2-3(6)4(13-8-2)11-5(12)7-9-10-11/h1H3,(H,7,10,12). The van der Waals surface area contributed by atoms with E-state index in [1.165, 1.54) is 0 Å². The van der Waals surface area contributed by atoms with Gasteiger partial charge in [0.05, 0.1) is 5.69 Å². The molecule has 1 N–H and O–H groups in total. The highest BCUT2D eigenvalue weighted by molar-refractivity contribution is 7.09. The van der Waals surface area contributed by atoms with Crippen molar-refractivity contribution < 1.29 is 0 Å². The van der Waals surface area contributed by atoms with Crippen molar-refractivity contribution in [1.29, 1.82) is 0 Å². The number of nitrogens with zero attached hydrogens (tertiary/aromatic N) is 4. The van der Waals surface area contributed by atoms with Crippen molar-refractivity contribution in [3.63, 3.8) is 0 Å². The van der Waals surface area contributed by atoms with E-state index in [0.717, 1.165) is 16.2 Å². The molecular weight excluding hydrogens is 214 g/mol. The molecule has 0 aliphatic heterocycles. The molecule has 0 amide bonds. The molecule has 0 aromatic carbocycles. The van der Waals surface area contributed by atoms with Crippen LogP contribution in [0.2, 0.25) is 5.02 Å². The Morgan fingerprint density at radius 1 is 1.62 bits per heavy atom. The fourth-order valence-corrected chi connectivity index (χ4v) is 1.82. The van der Waals surface area contributed by atoms with Crippen molar-refractivity contribution in [2.75, 3.05) is 0 Å². The zero-order valence-corrected chi connectivity index (χ0v) is 8.06. The van der Waals surface area contributed by atoms with E-state index in [9.17, 15) is 4.79 Å². The topological polar surface area (TPSA) is 76.5 Å². The number of hydrogen-bond donors (Lipinski definition) is 1. The molecule has 13 heavy (non-hydrogen) atoms. The molecule has 0 atom stereocenters. The van der Waals surface area contributed by atoms with Gasteiger partial charge in [0.2, 0.25) is 0 Å². The summed E-state index contributed by atoms with van der Waals surface area (Å²) in [5, 5.41) is 9.97. The lowest BCUT2D eigenvalue weighted by Gasteiger charge is -1.90. The number of hydrogen-bond acceptors (Lipinski definition) is 5. The third-order valence-corrected chi connectivity index (χ3v) is 2.92. The summed E-state index contributed by atoms with van der Waals surface area (Å²) in [6.45, 7) is 1.76. The van der Waals surface area contributed by atoms with Crippen molar-refractivity contribution in [3.8, 4) is 5.00 Å². The number of aromatic nitrogens is 5. The molecule has 2 rings (SSSR count). The van der Waals surface area contributed by atoms with E-state index in [0.29, 0.717) is 15.7 Å². The lowest BCUT2D eigenvalue weighted by atomic mass is 10.5. The number of nitrogens with one attached hydrogen (secondary N) is 1. The minimum absolute atomic E-state index is 0.425. The minimum Gasteiger partial charge on any atom is -0.244 e. The van der Waals surface area contributed by atoms with E-state index in [1.54, 1.807) is 6.92 Å². The first-order valence-electron chi connectivity index (χ1n) is 3.32. The number of aromatic amines is 1. The molecule has 0 saturated carbocycles. The van der Waals surface area contributed by atoms with E-state index < -0.39 is 5.69 Å². The summed E-state index contributed by atoms with van der Waals surface area (Å²) in [4.78, 5) is 11.1. The molecule has 0 saturated heterocycles. The minimum atomic E-state index is -0.425. The maximum absolute atomic E-state index is 11.1. The van der Waals surface area contributed by atoms with Gasteiger partial charge in [0.1, 0.15) is 5.02 Å². The molecular formula is C5H4ClN5OS. The second-order valence-corrected chi connectivity index (χ2v) is 3.44. The van der Waals surface area contributed by atoms with E-state index >= 15 is 0 Å². The van der Waals surface area contributed by atoms with Crippen LogP contribution in [0.4, 0.5) is 0 Å². The number of rotatable bonds is 1. The number of halogens is 1. The lowest BCUT2D eigenvalue weighted by Crippen LogP contribution is -2.15. The predicted molar refractivity (Wildman–Crippen MR) is 47.4 cm³/mol. The van der Waals surface area contributed by atoms with Crippen LogP contribution < -0.4 is 5.69 Å². The molecule has 0 spiro atoms. The van der Waals surface area contributed by atoms with E-state index in [-0.39, 0.29) is 0 Å². The van der Waals surface area contributed by atoms with Crippen LogP contribution in [0.15, 0.2) is 4.79 Å². The summed E-state index contributed by atoms with van der Waals surface area (Å²) in [7, 11) is 0. The fourth-order valence-electron chi connectivity index (χ4n) is 0.809. The Kier molecular flexibility index (Phi) is 1.89. The highest BCUT2D eigenvalue weighted by Gasteiger charge is 2.13. The van der Waals surface area contributed by atoms with E-state index in [2.05, 4.69) is 19.9 Å². The van der Waals surface area contributed by atoms with Crippen molar-refractivity contribution in [1.82, 2.24) is 24.6 Å². The Hall–Kier alpha value is -1.21. The average Bonchev–Trinajstić information content (AvgIpc) is 2.62. The molecule has 2 aromatic heterocycles. The van der Waals surface area contributed by atoms with Gasteiger partial charge in [-0.15, -0.1) is 4.68 Å². The van der Waals surface area contributed by atoms with Gasteiger partial charge in [0.15, 0.2) is 5.00 Å². The van der Waals surface area contributed by atoms with Crippen LogP contribution in [0.5, 0.6) is 0 Å². The maximum atomic E-state index is 11.1. The molecule has 68 valence electrons. The third-order valence-electron chi connectivity index (χ3n) is 1.44. The average molecular weight is 218 g/mol. The Balaban J connectivity index is 2.66. The van der Waals surface area contributed by atoms with Crippen molar-refractivity contribution in [3.05, 3.63) is 21.2 Å². The van der Waals surface area contributed by atoms with Crippen molar-refractivity contribution in [2.45, 2.75) is 6.92 Å². The molecule has 0 unspecified atom stereocenters. The number of tetrazole rings is 1. The second-order valence-electron chi connectivity index (χ2n) is 2.31. The van der Waals surface area contributed by atoms with Gasteiger partial charge in [-0.25, -0.2) is 9.89 Å². The molecule has 0 fully saturated rings. The largest absolute Gasteiger partial charge is 0.366 e. The summed E-state index contributed by atoms with van der Waals surface area (Å²) in [6, 6.07) is 0. The lowest BCUT2D eigenvalue weighted by molar-refractivity contribution is 0.789. The maximum Gasteiger partial charge on any atom is 0.366 e. The quantitative estimate of drug-likeness (QED) is 0.749. The zero-order chi connectivity index (χ0) is 9.42. The van der Waals surface area contributed by atoms with Crippen LogP contribution in [-0.2, 0) is 0 Å². The van der Waals surface area contributed by atoms with E-state index in [1.807, 2.05) is 0 Å². The van der Waals surface area contributed by atoms with Gasteiger partial charge in [0, 0.05) is 0 Å². The van der Waals surface area contributed by atoms with Gasteiger partial charge in [-0.1, -0.05) is 11.6 Å². The van der Waals surface area contributed by atoms with Crippen LogP contribution in [0.3, 0.4) is 0 Å². The first kappa shape index (κ1) is 8.39. The monoisotopic (exact) mass is 217 g/mol. The SMILES string of the molecule is Cc1nsc(-n2nn[nH]c2=O)c1Cl. The van der Waals surface area contributed by atoms with Crippen molar-refractivity contribution in [2.24, 2.45) is 0 Å². The molecule has 0 aliphatic carbocycles. The summed E-state index contributed by atoms with van der Waals surface area (Å²) in [5.41, 5.74) is 0.252. The summed E-state index contributed by atoms with van der Waals surface area (Å²) in [6.07, 6.45) is 0. The van der Waals surface area contributed by atoms with Crippen LogP contribution in [0.1, 0.15) is 5.69 Å². The summed E-state index contributed by atoms with van der Waals surface area (Å²) >= 11 is 6.99. The molecule has 0 radical (unpaired) electrons. The van der Waals surface area contributed by atoms with Gasteiger partial charge in [-0.2, -0.15) is 4.37 Å². The van der Waals surface area contributed by atoms with Gasteiger partial charge in [-0.3, -0.25) is 0 Å². The van der Waals surface area contributed by atoms with Gasteiger partial charge in [0.25, 0.3) is 0 Å². The molecule has 0 aliphatic rings. The molecule has 2 heterocycles. The molecule has 2 aromatic rings. The highest BCUT2D eigenvalue weighted by atomic mass is 35.5. The predicted octanol–water partition coefficient (Wildman–Crippen LogP) is 0.374. The molecule has 6 nitrogen and oxygen atoms in total. The fraction of sp³-hybridized carbons (Fsp3) is 0.200. The van der Waals surface area contributed by atoms with Crippen molar-refractivity contribution >= 4 is 23.1 Å². The summed E-state index contributed by atoms with van der Waals surface area (Å²) < 4.78 is 5.06. The first-order valence-corrected chi connectivity index (χ1v) is 4.48. The third kappa shape index (κ3) is 1.25. The Labute approximate surface area is 81.3 Å². The van der Waals surface area contributed by atoms with Gasteiger partial charge >= 0.3 is 5.69 Å². The Morgan fingerprint density at radius 3 is 2.85 bits per heavy atom. The van der Waals surface area contributed by atoms with Gasteiger partial charge in [-0.05, 0) is 28.9 Å². The Morgan fingerprint density at radius 2 is 2.38 bits per heavy atom. The van der Waals surface area contributed by atoms with Crippen LogP contribution >= 0.6 is 23.1 Å². The highest BCUT2D eigenvalue weighted by Crippen LogP contribution is 2.25. The number of H-pyrrole nitrogens is 1. The van der Waals surface area contributed by atoms with Gasteiger partial charge < -0.3 is 0 Å². The van der Waals surface area contributed by atoms with E-state index in [4.69, 9.17) is 11.6 Å². The van der Waals surface area contributed by atoms with Crippen LogP contribution in [-0.4, -0.2) is 24.6 Å². The Bertz CT molecular complexity index is 485. The van der Waals surface area contributed by atoms with Crippen LogP contribution in [0, 0.1) is 6.92 Å². The van der Waals surface area contributed by atoms with Crippen LogP contribution in [0.25, 0.3) is 5.00 Å².